The molecule has 162 valence electrons. The Bertz CT molecular complexity index is 1080. The van der Waals surface area contributed by atoms with Crippen molar-refractivity contribution in [2.75, 3.05) is 18.2 Å². The predicted molar refractivity (Wildman–Crippen MR) is 133 cm³/mol. The molecule has 3 aromatic rings. The molecule has 0 amide bonds. The van der Waals surface area contributed by atoms with Gasteiger partial charge >= 0.3 is 0 Å². The van der Waals surface area contributed by atoms with Crippen molar-refractivity contribution in [2.24, 2.45) is 0 Å². The minimum atomic E-state index is 0.382. The van der Waals surface area contributed by atoms with Crippen LogP contribution in [0.4, 0.5) is 17.3 Å². The summed E-state index contributed by atoms with van der Waals surface area (Å²) in [5.41, 5.74) is 9.48. The molecule has 1 aromatic heterocycles. The summed E-state index contributed by atoms with van der Waals surface area (Å²) in [7, 11) is 1.68. The predicted octanol–water partition coefficient (Wildman–Crippen LogP) is 7.06. The molecule has 4 rings (SSSR count). The molecule has 0 unspecified atom stereocenters. The van der Waals surface area contributed by atoms with Crippen LogP contribution in [-0.2, 0) is 4.74 Å². The van der Waals surface area contributed by atoms with Crippen LogP contribution in [-0.4, -0.2) is 17.1 Å². The minimum absolute atomic E-state index is 0.382. The maximum atomic E-state index is 5.95. The summed E-state index contributed by atoms with van der Waals surface area (Å²) in [5, 5.41) is 4.11. The quantitative estimate of drug-likeness (QED) is 0.458. The zero-order chi connectivity index (χ0) is 22.6. The Morgan fingerprint density at radius 2 is 1.74 bits per heavy atom. The molecule has 1 aliphatic rings. The molecule has 0 saturated carbocycles. The van der Waals surface area contributed by atoms with Gasteiger partial charge in [-0.2, -0.15) is 0 Å². The van der Waals surface area contributed by atoms with Crippen molar-refractivity contribution >= 4 is 46.0 Å². The van der Waals surface area contributed by atoms with Crippen molar-refractivity contribution in [3.63, 3.8) is 0 Å². The van der Waals surface area contributed by atoms with Gasteiger partial charge in [0, 0.05) is 17.1 Å². The van der Waals surface area contributed by atoms with Crippen molar-refractivity contribution in [1.82, 2.24) is 9.97 Å². The number of para-hydroxylation sites is 2. The van der Waals surface area contributed by atoms with E-state index in [0.29, 0.717) is 11.6 Å². The number of nitrogens with two attached hydrogens (primary N) is 1. The fourth-order valence-corrected chi connectivity index (χ4v) is 2.91. The number of hydrogen-bond donors (Lipinski definition) is 2. The first-order chi connectivity index (χ1) is 15.1. The molecule has 3 N–H and O–H groups in total. The van der Waals surface area contributed by atoms with Crippen LogP contribution in [0.5, 0.6) is 0 Å². The number of nitrogens with one attached hydrogen (secondary N) is 1. The average molecular weight is 437 g/mol. The Balaban J connectivity index is 0.000000261. The van der Waals surface area contributed by atoms with E-state index in [0.717, 1.165) is 45.9 Å². The Hall–Kier alpha value is -3.31. The van der Waals surface area contributed by atoms with Gasteiger partial charge < -0.3 is 15.8 Å². The second-order valence-electron chi connectivity index (χ2n) is 6.35. The summed E-state index contributed by atoms with van der Waals surface area (Å²) in [6, 6.07) is 15.5. The minimum Gasteiger partial charge on any atom is -0.501 e. The molecule has 0 saturated heterocycles. The molecule has 0 fully saturated rings. The highest BCUT2D eigenvalue weighted by molar-refractivity contribution is 6.29. The summed E-state index contributed by atoms with van der Waals surface area (Å²) in [6.07, 6.45) is 7.43. The van der Waals surface area contributed by atoms with E-state index in [4.69, 9.17) is 22.1 Å². The molecule has 1 aliphatic carbocycles. The summed E-state index contributed by atoms with van der Waals surface area (Å²) in [6.45, 7) is 7.76. The van der Waals surface area contributed by atoms with E-state index >= 15 is 0 Å². The maximum Gasteiger partial charge on any atom is 0.174 e. The van der Waals surface area contributed by atoms with Gasteiger partial charge in [0.25, 0.3) is 0 Å². The highest BCUT2D eigenvalue weighted by atomic mass is 35.5. The lowest BCUT2D eigenvalue weighted by Crippen LogP contribution is -2.02. The SMILES string of the molecule is C=Cc1cccc(Nc2nc3ccccc3nc2N)c1.CC.COC1=CC=C(Cl)CC1. The second kappa shape index (κ2) is 12.4. The topological polar surface area (TPSA) is 73.1 Å². The number of ether oxygens (including phenoxy) is 1. The van der Waals surface area contributed by atoms with Gasteiger partial charge in [0.15, 0.2) is 11.6 Å². The lowest BCUT2D eigenvalue weighted by Gasteiger charge is -2.09. The van der Waals surface area contributed by atoms with E-state index in [1.807, 2.05) is 74.5 Å². The summed E-state index contributed by atoms with van der Waals surface area (Å²) >= 11 is 5.70. The molecule has 0 aliphatic heterocycles. The number of benzene rings is 2. The van der Waals surface area contributed by atoms with Gasteiger partial charge in [-0.15, -0.1) is 0 Å². The number of halogens is 1. The lowest BCUT2D eigenvalue weighted by molar-refractivity contribution is 0.276. The standard InChI is InChI=1S/C16H14N4.C7H9ClO.C2H6/c1-2-11-6-5-7-12(10-11)18-16-15(17)19-13-8-3-4-9-14(13)20-16;1-9-7-4-2-6(8)3-5-7;1-2/h2-10H,1H2,(H2,17,19)(H,18,20);2,4H,3,5H2,1H3;1-2H3. The number of aromatic nitrogens is 2. The average Bonchev–Trinajstić information content (AvgIpc) is 2.82. The van der Waals surface area contributed by atoms with Gasteiger partial charge in [-0.05, 0) is 48.4 Å². The number of rotatable bonds is 4. The molecule has 1 heterocycles. The number of methoxy groups -OCH3 is 1. The number of hydrogen-bond acceptors (Lipinski definition) is 5. The Kier molecular flexibility index (Phi) is 9.59. The Labute approximate surface area is 189 Å². The van der Waals surface area contributed by atoms with Gasteiger partial charge in [-0.3, -0.25) is 0 Å². The number of fused-ring (bicyclic) bond motifs is 1. The number of nitrogens with zero attached hydrogens (tertiary/aromatic N) is 2. The van der Waals surface area contributed by atoms with Crippen molar-refractivity contribution in [3.8, 4) is 0 Å². The third-order valence-electron chi connectivity index (χ3n) is 4.31. The summed E-state index contributed by atoms with van der Waals surface area (Å²) < 4.78 is 5.00. The van der Waals surface area contributed by atoms with E-state index in [1.165, 1.54) is 0 Å². The van der Waals surface area contributed by atoms with Gasteiger partial charge in [-0.1, -0.05) is 62.4 Å². The first-order valence-corrected chi connectivity index (χ1v) is 10.6. The molecule has 0 atom stereocenters. The van der Waals surface area contributed by atoms with Gasteiger partial charge in [0.1, 0.15) is 0 Å². The second-order valence-corrected chi connectivity index (χ2v) is 6.84. The smallest absolute Gasteiger partial charge is 0.174 e. The van der Waals surface area contributed by atoms with Crippen molar-refractivity contribution in [3.05, 3.63) is 83.6 Å². The third kappa shape index (κ3) is 7.15. The summed E-state index contributed by atoms with van der Waals surface area (Å²) in [5.74, 6) is 1.96. The normalized spacial score (nSPS) is 12.3. The molecule has 0 bridgehead atoms. The molecule has 31 heavy (non-hydrogen) atoms. The van der Waals surface area contributed by atoms with Gasteiger partial charge in [-0.25, -0.2) is 9.97 Å². The van der Waals surface area contributed by atoms with Crippen LogP contribution in [0.2, 0.25) is 0 Å². The number of allylic oxidation sites excluding steroid dienone is 4. The first-order valence-electron chi connectivity index (χ1n) is 10.2. The van der Waals surface area contributed by atoms with Crippen molar-refractivity contribution in [2.45, 2.75) is 26.7 Å². The Morgan fingerprint density at radius 3 is 2.35 bits per heavy atom. The fraction of sp³-hybridized carbons (Fsp3) is 0.200. The van der Waals surface area contributed by atoms with Crippen LogP contribution >= 0.6 is 11.6 Å². The fourth-order valence-electron chi connectivity index (χ4n) is 2.75. The number of anilines is 3. The molecule has 6 heteroatoms. The first kappa shape index (κ1) is 24.0. The molecule has 5 nitrogen and oxygen atoms in total. The Morgan fingerprint density at radius 1 is 1.03 bits per heavy atom. The summed E-state index contributed by atoms with van der Waals surface area (Å²) in [4.78, 5) is 8.85. The zero-order valence-electron chi connectivity index (χ0n) is 18.2. The van der Waals surface area contributed by atoms with Crippen LogP contribution in [0.25, 0.3) is 17.1 Å². The largest absolute Gasteiger partial charge is 0.501 e. The van der Waals surface area contributed by atoms with Crippen molar-refractivity contribution in [1.29, 1.82) is 0 Å². The van der Waals surface area contributed by atoms with E-state index in [2.05, 4.69) is 21.9 Å². The van der Waals surface area contributed by atoms with Crippen LogP contribution in [0.15, 0.2) is 78.1 Å². The van der Waals surface area contributed by atoms with Crippen LogP contribution in [0.1, 0.15) is 32.3 Å². The van der Waals surface area contributed by atoms with Crippen LogP contribution in [0.3, 0.4) is 0 Å². The van der Waals surface area contributed by atoms with Crippen LogP contribution < -0.4 is 11.1 Å². The van der Waals surface area contributed by atoms with E-state index in [1.54, 1.807) is 13.2 Å². The molecule has 0 radical (unpaired) electrons. The molecule has 0 spiro atoms. The zero-order valence-corrected chi connectivity index (χ0v) is 19.0. The monoisotopic (exact) mass is 436 g/mol. The third-order valence-corrected chi connectivity index (χ3v) is 4.62. The van der Waals surface area contributed by atoms with Crippen LogP contribution in [0, 0.1) is 0 Å². The van der Waals surface area contributed by atoms with E-state index in [9.17, 15) is 0 Å². The highest BCUT2D eigenvalue weighted by Crippen LogP contribution is 2.23. The molecular weight excluding hydrogens is 408 g/mol. The molecular formula is C25H29ClN4O. The van der Waals surface area contributed by atoms with E-state index in [-0.39, 0.29) is 0 Å². The number of nitrogen functional groups attached to an aromatic ring is 1. The highest BCUT2D eigenvalue weighted by Gasteiger charge is 2.06. The van der Waals surface area contributed by atoms with Gasteiger partial charge in [0.2, 0.25) is 0 Å². The molecule has 2 aromatic carbocycles. The van der Waals surface area contributed by atoms with Gasteiger partial charge in [0.05, 0.1) is 23.9 Å². The maximum absolute atomic E-state index is 5.95. The van der Waals surface area contributed by atoms with E-state index < -0.39 is 0 Å². The lowest BCUT2D eigenvalue weighted by atomic mass is 10.2. The van der Waals surface area contributed by atoms with Crippen molar-refractivity contribution < 1.29 is 4.74 Å².